The smallest absolute Gasteiger partial charge is 0.254 e. The van der Waals surface area contributed by atoms with Crippen LogP contribution in [0.1, 0.15) is 16.1 Å². The van der Waals surface area contributed by atoms with Gasteiger partial charge in [0.25, 0.3) is 5.91 Å². The van der Waals surface area contributed by atoms with Gasteiger partial charge >= 0.3 is 0 Å². The van der Waals surface area contributed by atoms with Crippen molar-refractivity contribution in [2.24, 2.45) is 0 Å². The maximum Gasteiger partial charge on any atom is 0.254 e. The number of nitrogens with zero attached hydrogens (tertiary/aromatic N) is 3. The highest BCUT2D eigenvalue weighted by atomic mass is 16.5. The van der Waals surface area contributed by atoms with Crippen LogP contribution in [0.15, 0.2) is 60.7 Å². The fourth-order valence-electron chi connectivity index (χ4n) is 3.87. The molecule has 0 aliphatic carbocycles. The molecule has 2 heterocycles. The molecule has 156 valence electrons. The zero-order valence-electron chi connectivity index (χ0n) is 17.2. The van der Waals surface area contributed by atoms with Gasteiger partial charge in [-0.05, 0) is 37.4 Å². The van der Waals surface area contributed by atoms with E-state index in [-0.39, 0.29) is 11.9 Å². The van der Waals surface area contributed by atoms with Crippen molar-refractivity contribution in [2.75, 3.05) is 27.2 Å². The summed E-state index contributed by atoms with van der Waals surface area (Å²) in [6.45, 7) is 1.40. The van der Waals surface area contributed by atoms with Crippen molar-refractivity contribution in [1.29, 1.82) is 0 Å². The van der Waals surface area contributed by atoms with Gasteiger partial charge in [-0.2, -0.15) is 5.10 Å². The van der Waals surface area contributed by atoms with Crippen molar-refractivity contribution in [2.45, 2.75) is 18.7 Å². The summed E-state index contributed by atoms with van der Waals surface area (Å²) in [7, 11) is 3.55. The van der Waals surface area contributed by atoms with E-state index in [9.17, 15) is 9.90 Å². The van der Waals surface area contributed by atoms with E-state index in [0.29, 0.717) is 30.9 Å². The molecule has 0 radical (unpaired) electrons. The highest BCUT2D eigenvalue weighted by molar-refractivity contribution is 5.94. The minimum absolute atomic E-state index is 0.0829. The van der Waals surface area contributed by atoms with Gasteiger partial charge in [0.15, 0.2) is 0 Å². The van der Waals surface area contributed by atoms with Crippen LogP contribution < -0.4 is 4.74 Å². The number of carbonyl (C=O) groups is 1. The van der Waals surface area contributed by atoms with E-state index in [2.05, 4.69) is 15.1 Å². The Morgan fingerprint density at radius 1 is 1.20 bits per heavy atom. The molecule has 4 rings (SSSR count). The monoisotopic (exact) mass is 406 g/mol. The molecule has 7 heteroatoms. The standard InChI is InChI=1S/C23H26N4O3/c1-26(13-18-12-20(25-24-18)16-6-4-3-5-7-16)21-14-27(15-22(21)28)23(29)17-8-10-19(30-2)11-9-17/h3-12,21-22,28H,13-15H2,1-2H3,(H,24,25)/t21-,22-/m0/s1. The lowest BCUT2D eigenvalue weighted by Gasteiger charge is -2.25. The predicted octanol–water partition coefficient (Wildman–Crippen LogP) is 2.40. The Bertz CT molecular complexity index is 987. The molecule has 0 spiro atoms. The van der Waals surface area contributed by atoms with Crippen LogP contribution in [-0.4, -0.2) is 70.4 Å². The Balaban J connectivity index is 1.39. The maximum atomic E-state index is 12.8. The molecule has 2 atom stereocenters. The van der Waals surface area contributed by atoms with E-state index in [1.54, 1.807) is 36.3 Å². The number of H-pyrrole nitrogens is 1. The van der Waals surface area contributed by atoms with E-state index in [1.165, 1.54) is 0 Å². The molecule has 0 saturated carbocycles. The quantitative estimate of drug-likeness (QED) is 0.657. The molecular weight excluding hydrogens is 380 g/mol. The van der Waals surface area contributed by atoms with Crippen LogP contribution in [0.3, 0.4) is 0 Å². The van der Waals surface area contributed by atoms with Crippen LogP contribution in [0.5, 0.6) is 5.75 Å². The fraction of sp³-hybridized carbons (Fsp3) is 0.304. The summed E-state index contributed by atoms with van der Waals surface area (Å²) in [6, 6.07) is 18.9. The van der Waals surface area contributed by atoms with E-state index >= 15 is 0 Å². The Morgan fingerprint density at radius 2 is 1.93 bits per heavy atom. The lowest BCUT2D eigenvalue weighted by molar-refractivity contribution is 0.0762. The summed E-state index contributed by atoms with van der Waals surface area (Å²) in [5.41, 5.74) is 3.50. The molecule has 1 aromatic heterocycles. The van der Waals surface area contributed by atoms with Gasteiger partial charge in [-0.25, -0.2) is 0 Å². The summed E-state index contributed by atoms with van der Waals surface area (Å²) in [4.78, 5) is 16.6. The molecule has 1 aliphatic rings. The highest BCUT2D eigenvalue weighted by Crippen LogP contribution is 2.22. The molecule has 1 amide bonds. The van der Waals surface area contributed by atoms with Crippen molar-refractivity contribution in [1.82, 2.24) is 20.0 Å². The number of carbonyl (C=O) groups excluding carboxylic acids is 1. The molecule has 1 fully saturated rings. The molecule has 1 aliphatic heterocycles. The van der Waals surface area contributed by atoms with Crippen molar-refractivity contribution in [3.05, 3.63) is 71.9 Å². The van der Waals surface area contributed by atoms with Gasteiger partial charge in [-0.3, -0.25) is 14.8 Å². The van der Waals surface area contributed by atoms with Crippen molar-refractivity contribution in [3.63, 3.8) is 0 Å². The highest BCUT2D eigenvalue weighted by Gasteiger charge is 2.36. The number of hydrogen-bond acceptors (Lipinski definition) is 5. The SMILES string of the molecule is COc1ccc(C(=O)N2C[C@H](O)[C@@H](N(C)Cc3cc(-c4ccccc4)n[nH]3)C2)cc1. The Hall–Kier alpha value is -3.16. The molecule has 3 aromatic rings. The number of benzene rings is 2. The summed E-state index contributed by atoms with van der Waals surface area (Å²) < 4.78 is 5.15. The summed E-state index contributed by atoms with van der Waals surface area (Å²) in [5.74, 6) is 0.626. The van der Waals surface area contributed by atoms with Crippen LogP contribution in [0.2, 0.25) is 0 Å². The van der Waals surface area contributed by atoms with Crippen LogP contribution in [0, 0.1) is 0 Å². The number of amides is 1. The van der Waals surface area contributed by atoms with E-state index < -0.39 is 6.10 Å². The number of likely N-dealkylation sites (tertiary alicyclic amines) is 1. The molecule has 0 unspecified atom stereocenters. The maximum absolute atomic E-state index is 12.8. The number of aliphatic hydroxyl groups excluding tert-OH is 1. The lowest BCUT2D eigenvalue weighted by atomic mass is 10.1. The molecule has 30 heavy (non-hydrogen) atoms. The zero-order valence-corrected chi connectivity index (χ0v) is 17.2. The summed E-state index contributed by atoms with van der Waals surface area (Å²) >= 11 is 0. The zero-order chi connectivity index (χ0) is 21.1. The first kappa shape index (κ1) is 20.1. The Morgan fingerprint density at radius 3 is 2.63 bits per heavy atom. The number of β-amino-alcohol motifs (C(OH)–C–C–N with tert-alkyl or cyclic N) is 1. The third-order valence-electron chi connectivity index (χ3n) is 5.57. The van der Waals surface area contributed by atoms with Gasteiger partial charge in [0, 0.05) is 36.5 Å². The molecule has 1 saturated heterocycles. The fourth-order valence-corrected chi connectivity index (χ4v) is 3.87. The van der Waals surface area contributed by atoms with Crippen molar-refractivity contribution in [3.8, 4) is 17.0 Å². The third-order valence-corrected chi connectivity index (χ3v) is 5.57. The first-order chi connectivity index (χ1) is 14.5. The molecular formula is C23H26N4O3. The molecule has 2 N–H and O–H groups in total. The number of likely N-dealkylation sites (N-methyl/N-ethyl adjacent to an activating group) is 1. The first-order valence-electron chi connectivity index (χ1n) is 9.96. The number of aromatic nitrogens is 2. The third kappa shape index (κ3) is 4.22. The predicted molar refractivity (Wildman–Crippen MR) is 114 cm³/mol. The van der Waals surface area contributed by atoms with Crippen LogP contribution in [0.4, 0.5) is 0 Å². The van der Waals surface area contributed by atoms with Gasteiger partial charge in [0.2, 0.25) is 0 Å². The van der Waals surface area contributed by atoms with Gasteiger partial charge in [-0.1, -0.05) is 30.3 Å². The average Bonchev–Trinajstić information content (AvgIpc) is 3.40. The van der Waals surface area contributed by atoms with Crippen molar-refractivity contribution < 1.29 is 14.6 Å². The number of methoxy groups -OCH3 is 1. The molecule has 7 nitrogen and oxygen atoms in total. The minimum Gasteiger partial charge on any atom is -0.497 e. The Labute approximate surface area is 175 Å². The largest absolute Gasteiger partial charge is 0.497 e. The molecule has 0 bridgehead atoms. The normalized spacial score (nSPS) is 18.7. The van der Waals surface area contributed by atoms with E-state index in [4.69, 9.17) is 4.74 Å². The van der Waals surface area contributed by atoms with Gasteiger partial charge in [0.05, 0.1) is 24.9 Å². The number of hydrogen-bond donors (Lipinski definition) is 2. The summed E-state index contributed by atoms with van der Waals surface area (Å²) in [6.07, 6.45) is -0.603. The summed E-state index contributed by atoms with van der Waals surface area (Å²) in [5, 5.41) is 18.1. The van der Waals surface area contributed by atoms with E-state index in [1.807, 2.05) is 43.4 Å². The number of ether oxygens (including phenoxy) is 1. The van der Waals surface area contributed by atoms with Crippen LogP contribution in [0.25, 0.3) is 11.3 Å². The Kier molecular flexibility index (Phi) is 5.83. The number of aromatic amines is 1. The van der Waals surface area contributed by atoms with E-state index in [0.717, 1.165) is 17.0 Å². The second kappa shape index (κ2) is 8.69. The second-order valence-corrected chi connectivity index (χ2v) is 7.63. The molecule has 2 aromatic carbocycles. The van der Waals surface area contributed by atoms with Crippen LogP contribution in [-0.2, 0) is 6.54 Å². The average molecular weight is 406 g/mol. The topological polar surface area (TPSA) is 81.7 Å². The van der Waals surface area contributed by atoms with Crippen LogP contribution >= 0.6 is 0 Å². The number of rotatable bonds is 6. The number of aliphatic hydroxyl groups is 1. The van der Waals surface area contributed by atoms with Gasteiger partial charge < -0.3 is 14.7 Å². The first-order valence-corrected chi connectivity index (χ1v) is 9.96. The minimum atomic E-state index is -0.603. The van der Waals surface area contributed by atoms with Gasteiger partial charge in [0.1, 0.15) is 5.75 Å². The van der Waals surface area contributed by atoms with Gasteiger partial charge in [-0.15, -0.1) is 0 Å². The second-order valence-electron chi connectivity index (χ2n) is 7.63. The van der Waals surface area contributed by atoms with Crippen molar-refractivity contribution >= 4 is 5.91 Å². The number of nitrogens with one attached hydrogen (secondary N) is 1. The lowest BCUT2D eigenvalue weighted by Crippen LogP contribution is -2.40.